The zero-order chi connectivity index (χ0) is 14.4. The Bertz CT molecular complexity index is 438. The summed E-state index contributed by atoms with van der Waals surface area (Å²) in [7, 11) is 3.39. The summed E-state index contributed by atoms with van der Waals surface area (Å²) in [5, 5.41) is 1.51. The Kier molecular flexibility index (Phi) is 5.72. The summed E-state index contributed by atoms with van der Waals surface area (Å²) in [5.74, 6) is -0.545. The smallest absolute Gasteiger partial charge is 0.251 e. The van der Waals surface area contributed by atoms with Crippen LogP contribution in [0.3, 0.4) is 0 Å². The number of hydrazine groups is 1. The zero-order valence-corrected chi connectivity index (χ0v) is 11.4. The van der Waals surface area contributed by atoms with Crippen molar-refractivity contribution in [2.75, 3.05) is 20.7 Å². The van der Waals surface area contributed by atoms with Gasteiger partial charge in [0.15, 0.2) is 11.6 Å². The molecular weight excluding hydrogens is 249 g/mol. The van der Waals surface area contributed by atoms with Crippen molar-refractivity contribution >= 4 is 5.91 Å². The normalized spacial score (nSPS) is 12.3. The van der Waals surface area contributed by atoms with Crippen LogP contribution >= 0.6 is 0 Å². The fraction of sp³-hybridized carbons (Fsp3) is 0.462. The van der Waals surface area contributed by atoms with Crippen LogP contribution in [-0.2, 0) is 11.2 Å². The van der Waals surface area contributed by atoms with E-state index in [0.717, 1.165) is 0 Å². The Morgan fingerprint density at radius 2 is 2.21 bits per heavy atom. The van der Waals surface area contributed by atoms with Crippen molar-refractivity contribution in [3.8, 4) is 5.75 Å². The molecule has 0 heterocycles. The highest BCUT2D eigenvalue weighted by atomic mass is 19.1. The molecule has 106 valence electrons. The van der Waals surface area contributed by atoms with E-state index >= 15 is 0 Å². The summed E-state index contributed by atoms with van der Waals surface area (Å²) in [6.07, 6.45) is 0.267. The highest BCUT2D eigenvalue weighted by molar-refractivity contribution is 5.81. The Morgan fingerprint density at radius 3 is 2.74 bits per heavy atom. The maximum atomic E-state index is 13.6. The molecule has 0 aliphatic carbocycles. The summed E-state index contributed by atoms with van der Waals surface area (Å²) < 4.78 is 18.7. The van der Waals surface area contributed by atoms with Crippen LogP contribution in [-0.4, -0.2) is 37.7 Å². The second kappa shape index (κ2) is 7.06. The molecule has 0 fully saturated rings. The lowest BCUT2D eigenvalue weighted by Crippen LogP contribution is -2.47. The number of nitrogens with two attached hydrogens (primary N) is 1. The van der Waals surface area contributed by atoms with E-state index in [-0.39, 0.29) is 18.1 Å². The lowest BCUT2D eigenvalue weighted by molar-refractivity contribution is -0.126. The molecule has 1 aromatic rings. The first-order valence-corrected chi connectivity index (χ1v) is 6.08. The van der Waals surface area contributed by atoms with Gasteiger partial charge < -0.3 is 10.5 Å². The second-order valence-electron chi connectivity index (χ2n) is 4.38. The predicted molar refractivity (Wildman–Crippen MR) is 71.1 cm³/mol. The molecule has 1 unspecified atom stereocenters. The fourth-order valence-electron chi connectivity index (χ4n) is 1.59. The molecule has 6 heteroatoms. The average Bonchev–Trinajstić information content (AvgIpc) is 2.32. The van der Waals surface area contributed by atoms with Crippen LogP contribution in [0.1, 0.15) is 12.5 Å². The molecule has 5 nitrogen and oxygen atoms in total. The van der Waals surface area contributed by atoms with Crippen molar-refractivity contribution in [3.63, 3.8) is 0 Å². The van der Waals surface area contributed by atoms with Gasteiger partial charge in [0, 0.05) is 14.1 Å². The standard InChI is InChI=1S/C13H20FN3O2/c1-4-19-12-6-5-9(7-10(12)14)8-11(15)13(18)16-17(2)3/h5-7,11H,4,8,15H2,1-3H3,(H,16,18). The topological polar surface area (TPSA) is 67.6 Å². The molecule has 0 saturated heterocycles. The summed E-state index contributed by atoms with van der Waals surface area (Å²) >= 11 is 0. The Labute approximate surface area is 112 Å². The number of hydrogen-bond acceptors (Lipinski definition) is 4. The van der Waals surface area contributed by atoms with Gasteiger partial charge in [-0.2, -0.15) is 0 Å². The van der Waals surface area contributed by atoms with Crippen LogP contribution in [0.15, 0.2) is 18.2 Å². The van der Waals surface area contributed by atoms with E-state index in [9.17, 15) is 9.18 Å². The van der Waals surface area contributed by atoms with E-state index in [2.05, 4.69) is 5.43 Å². The average molecular weight is 269 g/mol. The van der Waals surface area contributed by atoms with E-state index in [1.54, 1.807) is 33.2 Å². The largest absolute Gasteiger partial charge is 0.491 e. The first-order valence-electron chi connectivity index (χ1n) is 6.08. The minimum atomic E-state index is -0.722. The number of nitrogens with zero attached hydrogens (tertiary/aromatic N) is 1. The van der Waals surface area contributed by atoms with Crippen molar-refractivity contribution in [2.45, 2.75) is 19.4 Å². The van der Waals surface area contributed by atoms with Gasteiger partial charge in [-0.1, -0.05) is 6.07 Å². The molecule has 1 atom stereocenters. The molecule has 0 spiro atoms. The van der Waals surface area contributed by atoms with Gasteiger partial charge in [-0.05, 0) is 31.0 Å². The van der Waals surface area contributed by atoms with Gasteiger partial charge in [0.2, 0.25) is 0 Å². The fourth-order valence-corrected chi connectivity index (χ4v) is 1.59. The number of ether oxygens (including phenoxy) is 1. The second-order valence-corrected chi connectivity index (χ2v) is 4.38. The van der Waals surface area contributed by atoms with Crippen molar-refractivity contribution < 1.29 is 13.9 Å². The molecule has 1 aromatic carbocycles. The van der Waals surface area contributed by atoms with Crippen molar-refractivity contribution in [1.29, 1.82) is 0 Å². The van der Waals surface area contributed by atoms with Crippen molar-refractivity contribution in [1.82, 2.24) is 10.4 Å². The van der Waals surface area contributed by atoms with Crippen LogP contribution in [0.5, 0.6) is 5.75 Å². The van der Waals surface area contributed by atoms with Crippen LogP contribution in [0.25, 0.3) is 0 Å². The molecule has 1 amide bonds. The maximum Gasteiger partial charge on any atom is 0.251 e. The molecule has 0 aliphatic rings. The van der Waals surface area contributed by atoms with E-state index in [4.69, 9.17) is 10.5 Å². The molecule has 3 N–H and O–H groups in total. The van der Waals surface area contributed by atoms with E-state index in [1.807, 2.05) is 0 Å². The highest BCUT2D eigenvalue weighted by Gasteiger charge is 2.15. The molecule has 0 saturated carbocycles. The van der Waals surface area contributed by atoms with Gasteiger partial charge in [0.1, 0.15) is 0 Å². The molecule has 0 bridgehead atoms. The first kappa shape index (κ1) is 15.4. The van der Waals surface area contributed by atoms with E-state index in [0.29, 0.717) is 12.2 Å². The Hall–Kier alpha value is -1.66. The third-order valence-electron chi connectivity index (χ3n) is 2.42. The van der Waals surface area contributed by atoms with Gasteiger partial charge in [-0.15, -0.1) is 0 Å². The molecule has 0 radical (unpaired) electrons. The molecule has 0 aromatic heterocycles. The summed E-state index contributed by atoms with van der Waals surface area (Å²) in [5.41, 5.74) is 8.97. The maximum absolute atomic E-state index is 13.6. The van der Waals surface area contributed by atoms with Gasteiger partial charge in [-0.25, -0.2) is 9.40 Å². The molecule has 19 heavy (non-hydrogen) atoms. The van der Waals surface area contributed by atoms with Crippen molar-refractivity contribution in [3.05, 3.63) is 29.6 Å². The van der Waals surface area contributed by atoms with Gasteiger partial charge in [-0.3, -0.25) is 10.2 Å². The molecule has 1 rings (SSSR count). The molecular formula is C13H20FN3O2. The number of nitrogens with one attached hydrogen (secondary N) is 1. The number of benzene rings is 1. The number of amides is 1. The third-order valence-corrected chi connectivity index (χ3v) is 2.42. The Morgan fingerprint density at radius 1 is 1.53 bits per heavy atom. The van der Waals surface area contributed by atoms with E-state index in [1.165, 1.54) is 11.1 Å². The van der Waals surface area contributed by atoms with Crippen molar-refractivity contribution in [2.24, 2.45) is 5.73 Å². The summed E-state index contributed by atoms with van der Waals surface area (Å²) in [4.78, 5) is 11.6. The number of carbonyl (C=O) groups excluding carboxylic acids is 1. The Balaban J connectivity index is 2.67. The lowest BCUT2D eigenvalue weighted by atomic mass is 10.1. The van der Waals surface area contributed by atoms with Gasteiger partial charge in [0.25, 0.3) is 5.91 Å². The minimum Gasteiger partial charge on any atom is -0.491 e. The van der Waals surface area contributed by atoms with Crippen LogP contribution in [0, 0.1) is 5.82 Å². The summed E-state index contributed by atoms with van der Waals surface area (Å²) in [6, 6.07) is 3.87. The number of halogens is 1. The third kappa shape index (κ3) is 4.84. The predicted octanol–water partition coefficient (Wildman–Crippen LogP) is 0.687. The van der Waals surface area contributed by atoms with Crippen LogP contribution in [0.2, 0.25) is 0 Å². The lowest BCUT2D eigenvalue weighted by Gasteiger charge is -2.16. The number of hydrogen-bond donors (Lipinski definition) is 2. The number of rotatable bonds is 6. The SMILES string of the molecule is CCOc1ccc(CC(N)C(=O)NN(C)C)cc1F. The monoisotopic (exact) mass is 269 g/mol. The first-order chi connectivity index (χ1) is 8.93. The van der Waals surface area contributed by atoms with Gasteiger partial charge >= 0.3 is 0 Å². The quantitative estimate of drug-likeness (QED) is 0.746. The molecule has 0 aliphatic heterocycles. The number of carbonyl (C=O) groups is 1. The van der Waals surface area contributed by atoms with E-state index < -0.39 is 11.9 Å². The highest BCUT2D eigenvalue weighted by Crippen LogP contribution is 2.18. The van der Waals surface area contributed by atoms with Crippen LogP contribution < -0.4 is 15.9 Å². The minimum absolute atomic E-state index is 0.206. The summed E-state index contributed by atoms with van der Waals surface area (Å²) in [6.45, 7) is 2.19. The van der Waals surface area contributed by atoms with Crippen LogP contribution in [0.4, 0.5) is 4.39 Å². The van der Waals surface area contributed by atoms with Gasteiger partial charge in [0.05, 0.1) is 12.6 Å². The zero-order valence-electron chi connectivity index (χ0n) is 11.4.